The Hall–Kier alpha value is -1.04. The quantitative estimate of drug-likeness (QED) is 0.584. The van der Waals surface area contributed by atoms with Crippen LogP contribution in [0.2, 0.25) is 0 Å². The lowest BCUT2D eigenvalue weighted by Crippen LogP contribution is -2.41. The van der Waals surface area contributed by atoms with Gasteiger partial charge in [0.15, 0.2) is 0 Å². The Morgan fingerprint density at radius 2 is 2.42 bits per heavy atom. The van der Waals surface area contributed by atoms with Crippen molar-refractivity contribution in [3.8, 4) is 6.07 Å². The van der Waals surface area contributed by atoms with Crippen molar-refractivity contribution in [2.45, 2.75) is 31.7 Å². The molecule has 0 N–H and O–H groups in total. The number of nitriles is 1. The van der Waals surface area contributed by atoms with E-state index in [0.29, 0.717) is 0 Å². The summed E-state index contributed by atoms with van der Waals surface area (Å²) in [5.41, 5.74) is 0. The molecule has 1 saturated heterocycles. The van der Waals surface area contributed by atoms with Crippen LogP contribution in [0.15, 0.2) is 0 Å². The molecule has 1 aliphatic rings. The zero-order chi connectivity index (χ0) is 8.97. The van der Waals surface area contributed by atoms with Gasteiger partial charge in [-0.25, -0.2) is 0 Å². The summed E-state index contributed by atoms with van der Waals surface area (Å²) >= 11 is 0. The van der Waals surface area contributed by atoms with Gasteiger partial charge in [0.1, 0.15) is 6.42 Å². The lowest BCUT2D eigenvalue weighted by atomic mass is 10.0. The summed E-state index contributed by atoms with van der Waals surface area (Å²) < 4.78 is 0. The molecule has 65 valence electrons. The van der Waals surface area contributed by atoms with E-state index in [1.807, 2.05) is 6.07 Å². The average Bonchev–Trinajstić information content (AvgIpc) is 2.05. The third-order valence-electron chi connectivity index (χ3n) is 2.18. The fourth-order valence-electron chi connectivity index (χ4n) is 1.50. The average molecular weight is 165 g/mol. The number of nitrogens with zero attached hydrogens (tertiary/aromatic N) is 2. The molecule has 0 aromatic heterocycles. The van der Waals surface area contributed by atoms with Crippen LogP contribution in [0.1, 0.15) is 25.7 Å². The van der Waals surface area contributed by atoms with Gasteiger partial charge in [-0.15, -0.1) is 0 Å². The van der Waals surface area contributed by atoms with Crippen LogP contribution in [0.5, 0.6) is 0 Å². The molecule has 1 radical (unpaired) electrons. The second-order valence-electron chi connectivity index (χ2n) is 3.07. The minimum atomic E-state index is -0.0720. The van der Waals surface area contributed by atoms with Gasteiger partial charge in [-0.1, -0.05) is 0 Å². The minimum absolute atomic E-state index is 0.00792. The van der Waals surface area contributed by atoms with E-state index < -0.39 is 0 Å². The highest BCUT2D eigenvalue weighted by molar-refractivity contribution is 5.78. The number of hydrogen-bond acceptors (Lipinski definition) is 2. The first-order valence-corrected chi connectivity index (χ1v) is 4.25. The fraction of sp³-hybridized carbons (Fsp3) is 0.667. The Balaban J connectivity index is 2.49. The molecule has 1 aliphatic heterocycles. The van der Waals surface area contributed by atoms with Crippen molar-refractivity contribution in [3.63, 3.8) is 0 Å². The molecule has 0 aromatic rings. The van der Waals surface area contributed by atoms with Crippen LogP contribution in [0.25, 0.3) is 0 Å². The molecule has 1 fully saturated rings. The molecule has 0 spiro atoms. The predicted octanol–water partition coefficient (Wildman–Crippen LogP) is 1.12. The van der Waals surface area contributed by atoms with Crippen molar-refractivity contribution in [2.75, 3.05) is 6.54 Å². The van der Waals surface area contributed by atoms with E-state index in [0.717, 1.165) is 25.8 Å². The van der Waals surface area contributed by atoms with Gasteiger partial charge in [0.05, 0.1) is 6.07 Å². The van der Waals surface area contributed by atoms with Gasteiger partial charge in [0.2, 0.25) is 5.91 Å². The lowest BCUT2D eigenvalue weighted by molar-refractivity contribution is -0.132. The zero-order valence-electron chi connectivity index (χ0n) is 7.12. The number of rotatable bonds is 1. The van der Waals surface area contributed by atoms with Crippen LogP contribution in [0, 0.1) is 18.3 Å². The summed E-state index contributed by atoms with van der Waals surface area (Å²) in [5, 5.41) is 8.34. The topological polar surface area (TPSA) is 44.1 Å². The van der Waals surface area contributed by atoms with E-state index in [4.69, 9.17) is 5.26 Å². The molecule has 3 nitrogen and oxygen atoms in total. The molecule has 0 bridgehead atoms. The van der Waals surface area contributed by atoms with Gasteiger partial charge in [0, 0.05) is 12.6 Å². The molecule has 0 aromatic carbocycles. The maximum absolute atomic E-state index is 11.3. The van der Waals surface area contributed by atoms with Crippen molar-refractivity contribution in [1.82, 2.24) is 4.90 Å². The first kappa shape index (κ1) is 9.05. The Morgan fingerprint density at radius 1 is 1.67 bits per heavy atom. The predicted molar refractivity (Wildman–Crippen MR) is 44.9 cm³/mol. The third-order valence-corrected chi connectivity index (χ3v) is 2.18. The Kier molecular flexibility index (Phi) is 3.09. The second-order valence-corrected chi connectivity index (χ2v) is 3.07. The lowest BCUT2D eigenvalue weighted by Gasteiger charge is -2.32. The van der Waals surface area contributed by atoms with Gasteiger partial charge >= 0.3 is 0 Å². The maximum Gasteiger partial charge on any atom is 0.237 e. The summed E-state index contributed by atoms with van der Waals surface area (Å²) in [6.45, 7) is 4.65. The number of amides is 1. The van der Waals surface area contributed by atoms with Crippen LogP contribution in [0.3, 0.4) is 0 Å². The van der Waals surface area contributed by atoms with E-state index >= 15 is 0 Å². The zero-order valence-corrected chi connectivity index (χ0v) is 7.12. The molecule has 1 atom stereocenters. The fourth-order valence-corrected chi connectivity index (χ4v) is 1.50. The van der Waals surface area contributed by atoms with Crippen molar-refractivity contribution >= 4 is 5.91 Å². The van der Waals surface area contributed by atoms with Gasteiger partial charge in [-0.3, -0.25) is 4.79 Å². The summed E-state index contributed by atoms with van der Waals surface area (Å²) in [5.74, 6) is -0.0720. The van der Waals surface area contributed by atoms with Crippen molar-refractivity contribution in [2.24, 2.45) is 0 Å². The molecule has 1 amide bonds. The largest absolute Gasteiger partial charge is 0.339 e. The highest BCUT2D eigenvalue weighted by Crippen LogP contribution is 2.16. The number of carbonyl (C=O) groups is 1. The molecule has 12 heavy (non-hydrogen) atoms. The molecule has 1 heterocycles. The summed E-state index contributed by atoms with van der Waals surface area (Å²) in [6, 6.07) is 1.95. The van der Waals surface area contributed by atoms with E-state index in [2.05, 4.69) is 6.92 Å². The van der Waals surface area contributed by atoms with E-state index in [-0.39, 0.29) is 18.4 Å². The van der Waals surface area contributed by atoms with E-state index in [1.165, 1.54) is 0 Å². The monoisotopic (exact) mass is 165 g/mol. The standard InChI is InChI=1S/C9H13N2O/c1-8-4-2-3-7-11(8)9(12)5-6-10/h8H,1-5,7H2. The molecular formula is C9H13N2O. The number of piperidine rings is 1. The van der Waals surface area contributed by atoms with Gasteiger partial charge in [0.25, 0.3) is 0 Å². The normalized spacial score (nSPS) is 23.3. The molecule has 0 saturated carbocycles. The molecule has 3 heteroatoms. The molecule has 0 aliphatic carbocycles. The van der Waals surface area contributed by atoms with Crippen LogP contribution in [0.4, 0.5) is 0 Å². The van der Waals surface area contributed by atoms with E-state index in [1.54, 1.807) is 4.90 Å². The highest BCUT2D eigenvalue weighted by Gasteiger charge is 2.22. The van der Waals surface area contributed by atoms with Crippen LogP contribution < -0.4 is 0 Å². The van der Waals surface area contributed by atoms with Crippen LogP contribution >= 0.6 is 0 Å². The SMILES string of the molecule is [CH2]C1CCCCN1C(=O)CC#N. The Labute approximate surface area is 73.0 Å². The van der Waals surface area contributed by atoms with Crippen molar-refractivity contribution in [1.29, 1.82) is 5.26 Å². The first-order valence-electron chi connectivity index (χ1n) is 4.25. The summed E-state index contributed by atoms with van der Waals surface area (Å²) in [7, 11) is 0. The number of hydrogen-bond donors (Lipinski definition) is 0. The summed E-state index contributed by atoms with van der Waals surface area (Å²) in [4.78, 5) is 13.0. The molecule has 1 unspecified atom stereocenters. The number of carbonyl (C=O) groups excluding carboxylic acids is 1. The molecule has 1 rings (SSSR count). The van der Waals surface area contributed by atoms with Crippen LogP contribution in [-0.2, 0) is 4.79 Å². The highest BCUT2D eigenvalue weighted by atomic mass is 16.2. The van der Waals surface area contributed by atoms with Gasteiger partial charge in [-0.2, -0.15) is 5.26 Å². The first-order chi connectivity index (χ1) is 5.75. The third kappa shape index (κ3) is 1.97. The van der Waals surface area contributed by atoms with Crippen molar-refractivity contribution < 1.29 is 4.79 Å². The van der Waals surface area contributed by atoms with E-state index in [9.17, 15) is 4.79 Å². The summed E-state index contributed by atoms with van der Waals surface area (Å²) in [6.07, 6.45) is 3.15. The maximum atomic E-state index is 11.3. The van der Waals surface area contributed by atoms with Crippen molar-refractivity contribution in [3.05, 3.63) is 6.92 Å². The molecular weight excluding hydrogens is 152 g/mol. The Morgan fingerprint density at radius 3 is 3.00 bits per heavy atom. The smallest absolute Gasteiger partial charge is 0.237 e. The van der Waals surface area contributed by atoms with Crippen LogP contribution in [-0.4, -0.2) is 23.4 Å². The minimum Gasteiger partial charge on any atom is -0.339 e. The van der Waals surface area contributed by atoms with Gasteiger partial charge in [-0.05, 0) is 26.2 Å². The second kappa shape index (κ2) is 4.10. The van der Waals surface area contributed by atoms with Gasteiger partial charge < -0.3 is 4.90 Å². The Bertz CT molecular complexity index is 207. The number of likely N-dealkylation sites (tertiary alicyclic amines) is 1.